The van der Waals surface area contributed by atoms with Gasteiger partial charge in [0.05, 0.1) is 6.04 Å². The molecule has 0 unspecified atom stereocenters. The number of nitrogens with one attached hydrogen (secondary N) is 1. The number of oxazole rings is 1. The van der Waals surface area contributed by atoms with Crippen molar-refractivity contribution in [1.82, 2.24) is 9.88 Å². The SMILES string of the molecule is Cc1nc(C#N)c(NC[C@H](c2ccccc2)N(C)C)o1. The van der Waals surface area contributed by atoms with Crippen LogP contribution in [-0.2, 0) is 0 Å². The molecule has 1 aromatic carbocycles. The summed E-state index contributed by atoms with van der Waals surface area (Å²) in [6, 6.07) is 12.4. The predicted octanol–water partition coefficient (Wildman–Crippen LogP) is 2.57. The highest BCUT2D eigenvalue weighted by molar-refractivity contribution is 5.45. The quantitative estimate of drug-likeness (QED) is 0.904. The van der Waals surface area contributed by atoms with Gasteiger partial charge in [0.1, 0.15) is 6.07 Å². The van der Waals surface area contributed by atoms with Gasteiger partial charge in [0, 0.05) is 13.5 Å². The Hall–Kier alpha value is -2.32. The molecule has 20 heavy (non-hydrogen) atoms. The second-order valence-electron chi connectivity index (χ2n) is 4.79. The molecule has 0 aliphatic carbocycles. The Bertz CT molecular complexity index is 598. The van der Waals surface area contributed by atoms with Crippen LogP contribution >= 0.6 is 0 Å². The van der Waals surface area contributed by atoms with Crippen LogP contribution in [0, 0.1) is 18.3 Å². The molecule has 1 N–H and O–H groups in total. The average molecular weight is 270 g/mol. The Balaban J connectivity index is 2.12. The standard InChI is InChI=1S/C15H18N4O/c1-11-18-13(9-16)15(20-11)17-10-14(19(2)3)12-7-5-4-6-8-12/h4-8,14,17H,10H2,1-3H3/t14-/m1/s1. The van der Waals surface area contributed by atoms with Crippen LogP contribution in [0.25, 0.3) is 0 Å². The first-order chi connectivity index (χ1) is 9.61. The van der Waals surface area contributed by atoms with Crippen LogP contribution in [-0.4, -0.2) is 30.5 Å². The summed E-state index contributed by atoms with van der Waals surface area (Å²) in [6.07, 6.45) is 0. The summed E-state index contributed by atoms with van der Waals surface area (Å²) in [5.41, 5.74) is 1.51. The highest BCUT2D eigenvalue weighted by Gasteiger charge is 2.16. The van der Waals surface area contributed by atoms with Gasteiger partial charge in [-0.15, -0.1) is 0 Å². The van der Waals surface area contributed by atoms with Crippen LogP contribution in [0.3, 0.4) is 0 Å². The van der Waals surface area contributed by atoms with E-state index in [0.717, 1.165) is 0 Å². The van der Waals surface area contributed by atoms with E-state index in [4.69, 9.17) is 9.68 Å². The van der Waals surface area contributed by atoms with Crippen molar-refractivity contribution in [3.05, 3.63) is 47.5 Å². The molecule has 0 aliphatic heterocycles. The molecule has 2 aromatic rings. The lowest BCUT2D eigenvalue weighted by Crippen LogP contribution is -2.26. The van der Waals surface area contributed by atoms with Crippen LogP contribution < -0.4 is 5.32 Å². The number of anilines is 1. The molecule has 0 bridgehead atoms. The Kier molecular flexibility index (Phi) is 4.38. The van der Waals surface area contributed by atoms with E-state index in [1.54, 1.807) is 6.92 Å². The number of rotatable bonds is 5. The molecule has 0 aliphatic rings. The van der Waals surface area contributed by atoms with Crippen LogP contribution in [0.1, 0.15) is 23.2 Å². The number of likely N-dealkylation sites (N-methyl/N-ethyl adjacent to an activating group) is 1. The molecule has 1 atom stereocenters. The van der Waals surface area contributed by atoms with Crippen LogP contribution in [0.5, 0.6) is 0 Å². The minimum absolute atomic E-state index is 0.188. The lowest BCUT2D eigenvalue weighted by atomic mass is 10.1. The fourth-order valence-electron chi connectivity index (χ4n) is 2.09. The molecule has 2 rings (SSSR count). The van der Waals surface area contributed by atoms with Crippen molar-refractivity contribution < 1.29 is 4.42 Å². The van der Waals surface area contributed by atoms with Gasteiger partial charge in [-0.25, -0.2) is 4.98 Å². The van der Waals surface area contributed by atoms with Gasteiger partial charge in [-0.2, -0.15) is 5.26 Å². The van der Waals surface area contributed by atoms with Crippen molar-refractivity contribution in [2.75, 3.05) is 26.0 Å². The van der Waals surface area contributed by atoms with E-state index in [9.17, 15) is 0 Å². The molecule has 0 radical (unpaired) electrons. The Morgan fingerprint density at radius 1 is 1.35 bits per heavy atom. The van der Waals surface area contributed by atoms with Crippen LogP contribution in [0.15, 0.2) is 34.7 Å². The van der Waals surface area contributed by atoms with Crippen molar-refractivity contribution >= 4 is 5.88 Å². The number of benzene rings is 1. The van der Waals surface area contributed by atoms with Crippen molar-refractivity contribution in [1.29, 1.82) is 5.26 Å². The maximum Gasteiger partial charge on any atom is 0.232 e. The Labute approximate surface area is 118 Å². The molecular formula is C15H18N4O. The normalized spacial score (nSPS) is 12.2. The molecule has 1 heterocycles. The zero-order valence-corrected chi connectivity index (χ0v) is 11.9. The lowest BCUT2D eigenvalue weighted by molar-refractivity contribution is 0.310. The van der Waals surface area contributed by atoms with Crippen molar-refractivity contribution in [2.45, 2.75) is 13.0 Å². The number of hydrogen-bond donors (Lipinski definition) is 1. The minimum atomic E-state index is 0.188. The van der Waals surface area contributed by atoms with E-state index in [1.807, 2.05) is 38.4 Å². The highest BCUT2D eigenvalue weighted by Crippen LogP contribution is 2.21. The van der Waals surface area contributed by atoms with E-state index < -0.39 is 0 Å². The number of aryl methyl sites for hydroxylation is 1. The van der Waals surface area contributed by atoms with Gasteiger partial charge in [-0.3, -0.25) is 0 Å². The summed E-state index contributed by atoms with van der Waals surface area (Å²) in [6.45, 7) is 2.37. The van der Waals surface area contributed by atoms with E-state index in [1.165, 1.54) is 5.56 Å². The molecule has 1 aromatic heterocycles. The molecular weight excluding hydrogens is 252 g/mol. The van der Waals surface area contributed by atoms with Crippen molar-refractivity contribution in [3.63, 3.8) is 0 Å². The summed E-state index contributed by atoms with van der Waals surface area (Å²) in [4.78, 5) is 6.14. The largest absolute Gasteiger partial charge is 0.424 e. The van der Waals surface area contributed by atoms with Gasteiger partial charge in [0.25, 0.3) is 0 Å². The second-order valence-corrected chi connectivity index (χ2v) is 4.79. The van der Waals surface area contributed by atoms with Gasteiger partial charge in [0.15, 0.2) is 5.89 Å². The molecule has 0 saturated heterocycles. The predicted molar refractivity (Wildman–Crippen MR) is 77.3 cm³/mol. The zero-order chi connectivity index (χ0) is 14.5. The zero-order valence-electron chi connectivity index (χ0n) is 11.9. The van der Waals surface area contributed by atoms with Gasteiger partial charge < -0.3 is 14.6 Å². The van der Waals surface area contributed by atoms with Crippen molar-refractivity contribution in [3.8, 4) is 6.07 Å². The third-order valence-electron chi connectivity index (χ3n) is 3.10. The average Bonchev–Trinajstić information content (AvgIpc) is 2.80. The van der Waals surface area contributed by atoms with Gasteiger partial charge >= 0.3 is 0 Å². The Morgan fingerprint density at radius 3 is 2.65 bits per heavy atom. The van der Waals surface area contributed by atoms with E-state index in [-0.39, 0.29) is 6.04 Å². The minimum Gasteiger partial charge on any atom is -0.424 e. The topological polar surface area (TPSA) is 65.1 Å². The van der Waals surface area contributed by atoms with Gasteiger partial charge in [0.2, 0.25) is 11.6 Å². The maximum atomic E-state index is 9.00. The molecule has 0 amide bonds. The van der Waals surface area contributed by atoms with Crippen LogP contribution in [0.2, 0.25) is 0 Å². The number of aromatic nitrogens is 1. The maximum absolute atomic E-state index is 9.00. The van der Waals surface area contributed by atoms with E-state index >= 15 is 0 Å². The molecule has 104 valence electrons. The lowest BCUT2D eigenvalue weighted by Gasteiger charge is -2.24. The van der Waals surface area contributed by atoms with E-state index in [0.29, 0.717) is 24.0 Å². The summed E-state index contributed by atoms with van der Waals surface area (Å²) in [5.74, 6) is 0.929. The fraction of sp³-hybridized carbons (Fsp3) is 0.333. The first-order valence-corrected chi connectivity index (χ1v) is 6.44. The number of nitrogens with zero attached hydrogens (tertiary/aromatic N) is 3. The monoisotopic (exact) mass is 270 g/mol. The third kappa shape index (κ3) is 3.16. The van der Waals surface area contributed by atoms with Gasteiger partial charge in [-0.1, -0.05) is 30.3 Å². The van der Waals surface area contributed by atoms with Gasteiger partial charge in [-0.05, 0) is 19.7 Å². The summed E-state index contributed by atoms with van der Waals surface area (Å²) in [7, 11) is 4.05. The highest BCUT2D eigenvalue weighted by atomic mass is 16.4. The number of nitriles is 1. The first-order valence-electron chi connectivity index (χ1n) is 6.44. The summed E-state index contributed by atoms with van der Waals surface area (Å²) >= 11 is 0. The second kappa shape index (κ2) is 6.22. The molecule has 0 spiro atoms. The summed E-state index contributed by atoms with van der Waals surface area (Å²) in [5, 5.41) is 12.2. The molecule has 0 saturated carbocycles. The fourth-order valence-corrected chi connectivity index (χ4v) is 2.09. The van der Waals surface area contributed by atoms with Crippen molar-refractivity contribution in [2.24, 2.45) is 0 Å². The molecule has 5 nitrogen and oxygen atoms in total. The molecule has 5 heteroatoms. The van der Waals surface area contributed by atoms with E-state index in [2.05, 4.69) is 27.3 Å². The number of hydrogen-bond acceptors (Lipinski definition) is 5. The first kappa shape index (κ1) is 14.1. The smallest absolute Gasteiger partial charge is 0.232 e. The third-order valence-corrected chi connectivity index (χ3v) is 3.10. The molecule has 0 fully saturated rings. The van der Waals surface area contributed by atoms with Crippen LogP contribution in [0.4, 0.5) is 5.88 Å². The summed E-state index contributed by atoms with van der Waals surface area (Å²) < 4.78 is 5.41. The Morgan fingerprint density at radius 2 is 2.05 bits per heavy atom.